The van der Waals surface area contributed by atoms with Crippen molar-refractivity contribution in [2.45, 2.75) is 26.8 Å². The molecule has 11 heavy (non-hydrogen) atoms. The Hall–Kier alpha value is -0.380. The first-order valence-electron chi connectivity index (χ1n) is 3.73. The van der Waals surface area contributed by atoms with Crippen LogP contribution in [-0.4, -0.2) is 14.8 Å². The van der Waals surface area contributed by atoms with Gasteiger partial charge in [-0.15, -0.1) is 5.10 Å². The van der Waals surface area contributed by atoms with Crippen molar-refractivity contribution in [1.82, 2.24) is 14.8 Å². The van der Waals surface area contributed by atoms with Gasteiger partial charge in [-0.1, -0.05) is 13.8 Å². The van der Waals surface area contributed by atoms with Gasteiger partial charge in [0.15, 0.2) is 0 Å². The van der Waals surface area contributed by atoms with Crippen LogP contribution in [0.1, 0.15) is 20.3 Å². The second-order valence-corrected chi connectivity index (χ2v) is 3.67. The lowest BCUT2D eigenvalue weighted by Crippen LogP contribution is -2.01. The molecule has 0 aliphatic carbocycles. The Labute approximate surface area is 75.0 Å². The average Bonchev–Trinajstić information content (AvgIpc) is 2.31. The van der Waals surface area contributed by atoms with E-state index in [9.17, 15) is 0 Å². The summed E-state index contributed by atoms with van der Waals surface area (Å²) < 4.78 is 2.52. The molecule has 0 fully saturated rings. The normalized spacial score (nSPS) is 10.9. The van der Waals surface area contributed by atoms with Gasteiger partial charge in [0, 0.05) is 6.54 Å². The zero-order chi connectivity index (χ0) is 8.27. The fourth-order valence-electron chi connectivity index (χ4n) is 0.770. The Balaban J connectivity index is 2.39. The van der Waals surface area contributed by atoms with Crippen molar-refractivity contribution >= 4 is 15.9 Å². The molecular formula is C7H12BrN3. The van der Waals surface area contributed by atoms with Crippen LogP contribution in [0.2, 0.25) is 0 Å². The molecule has 0 amide bonds. The first-order valence-corrected chi connectivity index (χ1v) is 4.52. The molecule has 0 spiro atoms. The monoisotopic (exact) mass is 217 g/mol. The maximum atomic E-state index is 4.10. The Bertz CT molecular complexity index is 219. The molecular weight excluding hydrogens is 206 g/mol. The second-order valence-electron chi connectivity index (χ2n) is 2.96. The third kappa shape index (κ3) is 3.01. The Morgan fingerprint density at radius 2 is 2.36 bits per heavy atom. The summed E-state index contributed by atoms with van der Waals surface area (Å²) in [6, 6.07) is 0. The van der Waals surface area contributed by atoms with Crippen LogP contribution >= 0.6 is 15.9 Å². The third-order valence-electron chi connectivity index (χ3n) is 1.44. The number of halogens is 1. The minimum Gasteiger partial charge on any atom is -0.252 e. The molecule has 1 heterocycles. The minimum atomic E-state index is 0.668. The molecule has 62 valence electrons. The van der Waals surface area contributed by atoms with Crippen molar-refractivity contribution in [3.63, 3.8) is 0 Å². The van der Waals surface area contributed by atoms with Crippen LogP contribution in [0.5, 0.6) is 0 Å². The summed E-state index contributed by atoms with van der Waals surface area (Å²) in [5, 5.41) is 4.10. The predicted molar refractivity (Wildman–Crippen MR) is 47.2 cm³/mol. The zero-order valence-electron chi connectivity index (χ0n) is 6.79. The van der Waals surface area contributed by atoms with Crippen LogP contribution < -0.4 is 0 Å². The van der Waals surface area contributed by atoms with E-state index in [0.29, 0.717) is 4.73 Å². The van der Waals surface area contributed by atoms with Gasteiger partial charge in [0.1, 0.15) is 6.33 Å². The van der Waals surface area contributed by atoms with Crippen LogP contribution in [0, 0.1) is 5.92 Å². The molecule has 3 nitrogen and oxygen atoms in total. The standard InChI is InChI=1S/C7H12BrN3/c1-6(2)3-4-11-5-9-7(8)10-11/h5-6H,3-4H2,1-2H3. The van der Waals surface area contributed by atoms with Crippen molar-refractivity contribution in [1.29, 1.82) is 0 Å². The van der Waals surface area contributed by atoms with Gasteiger partial charge in [-0.25, -0.2) is 4.98 Å². The molecule has 0 aromatic carbocycles. The van der Waals surface area contributed by atoms with Gasteiger partial charge in [0.25, 0.3) is 0 Å². The fourth-order valence-corrected chi connectivity index (χ4v) is 1.07. The minimum absolute atomic E-state index is 0.668. The van der Waals surface area contributed by atoms with E-state index in [1.165, 1.54) is 0 Å². The van der Waals surface area contributed by atoms with E-state index in [2.05, 4.69) is 39.9 Å². The maximum Gasteiger partial charge on any atom is 0.217 e. The lowest BCUT2D eigenvalue weighted by molar-refractivity contribution is 0.485. The van der Waals surface area contributed by atoms with E-state index in [1.54, 1.807) is 6.33 Å². The highest BCUT2D eigenvalue weighted by atomic mass is 79.9. The predicted octanol–water partition coefficient (Wildman–Crippen LogP) is 2.09. The summed E-state index contributed by atoms with van der Waals surface area (Å²) in [4.78, 5) is 3.96. The quantitative estimate of drug-likeness (QED) is 0.777. The molecule has 0 bridgehead atoms. The topological polar surface area (TPSA) is 30.7 Å². The summed E-state index contributed by atoms with van der Waals surface area (Å²) in [5.41, 5.74) is 0. The highest BCUT2D eigenvalue weighted by Gasteiger charge is 1.97. The number of rotatable bonds is 3. The number of aromatic nitrogens is 3. The highest BCUT2D eigenvalue weighted by Crippen LogP contribution is 2.03. The van der Waals surface area contributed by atoms with Crippen LogP contribution in [-0.2, 0) is 6.54 Å². The highest BCUT2D eigenvalue weighted by molar-refractivity contribution is 9.10. The van der Waals surface area contributed by atoms with E-state index >= 15 is 0 Å². The van der Waals surface area contributed by atoms with Crippen molar-refractivity contribution < 1.29 is 0 Å². The van der Waals surface area contributed by atoms with E-state index < -0.39 is 0 Å². The number of nitrogens with zero attached hydrogens (tertiary/aromatic N) is 3. The molecule has 0 saturated carbocycles. The van der Waals surface area contributed by atoms with Crippen molar-refractivity contribution in [2.24, 2.45) is 5.92 Å². The van der Waals surface area contributed by atoms with Crippen LogP contribution in [0.3, 0.4) is 0 Å². The van der Waals surface area contributed by atoms with Gasteiger partial charge in [-0.2, -0.15) is 0 Å². The van der Waals surface area contributed by atoms with Crippen LogP contribution in [0.15, 0.2) is 11.1 Å². The van der Waals surface area contributed by atoms with E-state index in [1.807, 2.05) is 4.68 Å². The molecule has 4 heteroatoms. The molecule has 0 atom stereocenters. The fraction of sp³-hybridized carbons (Fsp3) is 0.714. The van der Waals surface area contributed by atoms with E-state index in [0.717, 1.165) is 18.9 Å². The third-order valence-corrected chi connectivity index (χ3v) is 1.81. The SMILES string of the molecule is CC(C)CCn1cnc(Br)n1. The summed E-state index contributed by atoms with van der Waals surface area (Å²) in [7, 11) is 0. The van der Waals surface area contributed by atoms with Crippen molar-refractivity contribution in [2.75, 3.05) is 0 Å². The van der Waals surface area contributed by atoms with Gasteiger partial charge in [0.05, 0.1) is 0 Å². The first kappa shape index (κ1) is 8.71. The van der Waals surface area contributed by atoms with Gasteiger partial charge < -0.3 is 0 Å². The molecule has 1 aromatic rings. The van der Waals surface area contributed by atoms with Crippen LogP contribution in [0.25, 0.3) is 0 Å². The van der Waals surface area contributed by atoms with Crippen LogP contribution in [0.4, 0.5) is 0 Å². The summed E-state index contributed by atoms with van der Waals surface area (Å²) in [6.45, 7) is 5.36. The molecule has 0 radical (unpaired) electrons. The average molecular weight is 218 g/mol. The molecule has 0 N–H and O–H groups in total. The zero-order valence-corrected chi connectivity index (χ0v) is 8.37. The van der Waals surface area contributed by atoms with Gasteiger partial charge in [0.2, 0.25) is 4.73 Å². The Morgan fingerprint density at radius 1 is 1.64 bits per heavy atom. The number of hydrogen-bond acceptors (Lipinski definition) is 2. The van der Waals surface area contributed by atoms with Crippen molar-refractivity contribution in [3.05, 3.63) is 11.1 Å². The van der Waals surface area contributed by atoms with Gasteiger partial charge in [-0.3, -0.25) is 4.68 Å². The van der Waals surface area contributed by atoms with E-state index in [4.69, 9.17) is 0 Å². The summed E-state index contributed by atoms with van der Waals surface area (Å²) in [5.74, 6) is 0.720. The summed E-state index contributed by atoms with van der Waals surface area (Å²) >= 11 is 3.20. The molecule has 0 unspecified atom stereocenters. The maximum absolute atomic E-state index is 4.10. The molecule has 1 rings (SSSR count). The largest absolute Gasteiger partial charge is 0.252 e. The smallest absolute Gasteiger partial charge is 0.217 e. The molecule has 0 aliphatic rings. The van der Waals surface area contributed by atoms with Gasteiger partial charge in [-0.05, 0) is 28.3 Å². The van der Waals surface area contributed by atoms with Crippen molar-refractivity contribution in [3.8, 4) is 0 Å². The van der Waals surface area contributed by atoms with E-state index in [-0.39, 0.29) is 0 Å². The second kappa shape index (κ2) is 3.85. The number of aryl methyl sites for hydroxylation is 1. The summed E-state index contributed by atoms with van der Waals surface area (Å²) in [6.07, 6.45) is 2.89. The molecule has 0 saturated heterocycles. The Morgan fingerprint density at radius 3 is 2.82 bits per heavy atom. The lowest BCUT2D eigenvalue weighted by atomic mass is 10.1. The molecule has 0 aliphatic heterocycles. The first-order chi connectivity index (χ1) is 5.18. The lowest BCUT2D eigenvalue weighted by Gasteiger charge is -2.02. The number of hydrogen-bond donors (Lipinski definition) is 0. The Kier molecular flexibility index (Phi) is 3.05. The van der Waals surface area contributed by atoms with Gasteiger partial charge >= 0.3 is 0 Å². The molecule has 1 aromatic heterocycles.